The molecule has 8 nitrogen and oxygen atoms in total. The number of amides is 1. The molecule has 1 fully saturated rings. The Morgan fingerprint density at radius 1 is 1.21 bits per heavy atom. The van der Waals surface area contributed by atoms with Crippen molar-refractivity contribution >= 4 is 27.7 Å². The number of carbonyl (C=O) groups is 1. The highest BCUT2D eigenvalue weighted by Gasteiger charge is 2.24. The number of fused-ring (bicyclic) bond motifs is 2. The van der Waals surface area contributed by atoms with E-state index in [0.717, 1.165) is 58.9 Å². The van der Waals surface area contributed by atoms with Gasteiger partial charge in [-0.15, -0.1) is 0 Å². The van der Waals surface area contributed by atoms with E-state index in [2.05, 4.69) is 31.8 Å². The number of aromatic nitrogens is 6. The number of carbonyl (C=O) groups excluding carboxylic acids is 1. The molecule has 3 aromatic heterocycles. The molecule has 172 valence electrons. The predicted molar refractivity (Wildman–Crippen MR) is 131 cm³/mol. The lowest BCUT2D eigenvalue weighted by Gasteiger charge is -2.29. The summed E-state index contributed by atoms with van der Waals surface area (Å²) in [4.78, 5) is 13.2. The highest BCUT2D eigenvalue weighted by molar-refractivity contribution is 6.02. The van der Waals surface area contributed by atoms with Crippen LogP contribution in [0.2, 0.25) is 0 Å². The number of hydrogen-bond donors (Lipinski definition) is 2. The van der Waals surface area contributed by atoms with Crippen LogP contribution in [-0.2, 0) is 13.6 Å². The minimum atomic E-state index is -0.0264. The zero-order valence-corrected chi connectivity index (χ0v) is 19.1. The van der Waals surface area contributed by atoms with Gasteiger partial charge in [0.15, 0.2) is 0 Å². The van der Waals surface area contributed by atoms with Crippen molar-refractivity contribution in [1.82, 2.24) is 35.1 Å². The topological polar surface area (TPSA) is 93.4 Å². The van der Waals surface area contributed by atoms with Gasteiger partial charge in [0.1, 0.15) is 0 Å². The molecule has 2 aromatic carbocycles. The Balaban J connectivity index is 1.22. The molecule has 1 aliphatic rings. The first kappa shape index (κ1) is 20.7. The molecular weight excluding hydrogens is 426 g/mol. The quantitative estimate of drug-likeness (QED) is 0.415. The molecule has 6 rings (SSSR count). The van der Waals surface area contributed by atoms with Crippen molar-refractivity contribution in [3.8, 4) is 11.3 Å². The van der Waals surface area contributed by atoms with Crippen molar-refractivity contribution in [3.63, 3.8) is 0 Å². The van der Waals surface area contributed by atoms with E-state index in [9.17, 15) is 4.79 Å². The summed E-state index contributed by atoms with van der Waals surface area (Å²) in [6.45, 7) is 0.908. The van der Waals surface area contributed by atoms with Crippen LogP contribution >= 0.6 is 0 Å². The standard InChI is InChI=1S/C26H27N7O/c1-32-16-20-13-18(6-8-23(20)31-32)25-22-14-19(7-9-24(22)29-30-25)26(34)28-21-5-2-4-17(12-21)15-33-11-3-10-27-33/h3,6-11,13-14,16-17,21H,2,4-5,12,15H2,1H3,(H,28,34)(H,29,30). The van der Waals surface area contributed by atoms with Gasteiger partial charge in [-0.25, -0.2) is 0 Å². The molecule has 8 heteroatoms. The summed E-state index contributed by atoms with van der Waals surface area (Å²) in [6, 6.07) is 14.0. The van der Waals surface area contributed by atoms with Crippen LogP contribution in [0, 0.1) is 5.92 Å². The maximum Gasteiger partial charge on any atom is 0.251 e. The first-order valence-electron chi connectivity index (χ1n) is 11.8. The van der Waals surface area contributed by atoms with Gasteiger partial charge in [-0.3, -0.25) is 19.3 Å². The van der Waals surface area contributed by atoms with Crippen LogP contribution in [0.3, 0.4) is 0 Å². The van der Waals surface area contributed by atoms with Gasteiger partial charge in [0.2, 0.25) is 0 Å². The fourth-order valence-electron chi connectivity index (χ4n) is 5.20. The number of aromatic amines is 1. The summed E-state index contributed by atoms with van der Waals surface area (Å²) in [5.74, 6) is 0.505. The Kier molecular flexibility index (Phi) is 5.13. The zero-order chi connectivity index (χ0) is 23.1. The lowest BCUT2D eigenvalue weighted by molar-refractivity contribution is 0.0917. The summed E-state index contributed by atoms with van der Waals surface area (Å²) in [5.41, 5.74) is 4.36. The van der Waals surface area contributed by atoms with Crippen molar-refractivity contribution in [3.05, 3.63) is 66.6 Å². The third-order valence-electron chi connectivity index (χ3n) is 6.84. The van der Waals surface area contributed by atoms with Crippen molar-refractivity contribution in [2.45, 2.75) is 38.3 Å². The molecule has 2 unspecified atom stereocenters. The Bertz CT molecular complexity index is 1460. The number of H-pyrrole nitrogens is 1. The fraction of sp³-hybridized carbons (Fsp3) is 0.308. The molecule has 3 heterocycles. The minimum absolute atomic E-state index is 0.0264. The normalized spacial score (nSPS) is 18.5. The third-order valence-corrected chi connectivity index (χ3v) is 6.84. The van der Waals surface area contributed by atoms with Crippen LogP contribution in [0.15, 0.2) is 61.1 Å². The first-order chi connectivity index (χ1) is 16.6. The Morgan fingerprint density at radius 3 is 3.03 bits per heavy atom. The van der Waals surface area contributed by atoms with Crippen LogP contribution in [0.1, 0.15) is 36.0 Å². The summed E-state index contributed by atoms with van der Waals surface area (Å²) >= 11 is 0. The molecule has 0 saturated heterocycles. The van der Waals surface area contributed by atoms with Gasteiger partial charge < -0.3 is 5.32 Å². The summed E-state index contributed by atoms with van der Waals surface area (Å²) in [6.07, 6.45) is 10.1. The monoisotopic (exact) mass is 453 g/mol. The molecular formula is C26H27N7O. The largest absolute Gasteiger partial charge is 0.349 e. The smallest absolute Gasteiger partial charge is 0.251 e. The van der Waals surface area contributed by atoms with Crippen molar-refractivity contribution in [2.75, 3.05) is 0 Å². The van der Waals surface area contributed by atoms with E-state index in [1.165, 1.54) is 6.42 Å². The second-order valence-electron chi connectivity index (χ2n) is 9.34. The average molecular weight is 454 g/mol. The molecule has 0 spiro atoms. The molecule has 5 aromatic rings. The maximum atomic E-state index is 13.2. The van der Waals surface area contributed by atoms with Gasteiger partial charge in [0, 0.05) is 60.1 Å². The Labute approximate surface area is 197 Å². The fourth-order valence-corrected chi connectivity index (χ4v) is 5.20. The van der Waals surface area contributed by atoms with E-state index in [0.29, 0.717) is 11.5 Å². The van der Waals surface area contributed by atoms with Gasteiger partial charge >= 0.3 is 0 Å². The number of hydrogen-bond acceptors (Lipinski definition) is 4. The van der Waals surface area contributed by atoms with E-state index in [1.54, 1.807) is 0 Å². The second-order valence-corrected chi connectivity index (χ2v) is 9.34. The second kappa shape index (κ2) is 8.44. The summed E-state index contributed by atoms with van der Waals surface area (Å²) in [5, 5.41) is 21.7. The van der Waals surface area contributed by atoms with Gasteiger partial charge in [-0.1, -0.05) is 12.5 Å². The molecule has 1 aliphatic carbocycles. The number of benzene rings is 2. The lowest BCUT2D eigenvalue weighted by Crippen LogP contribution is -2.39. The molecule has 2 N–H and O–H groups in total. The number of nitrogens with zero attached hydrogens (tertiary/aromatic N) is 5. The molecule has 0 aliphatic heterocycles. The lowest BCUT2D eigenvalue weighted by atomic mass is 9.85. The predicted octanol–water partition coefficient (Wildman–Crippen LogP) is 4.30. The number of aryl methyl sites for hydroxylation is 1. The van der Waals surface area contributed by atoms with Crippen molar-refractivity contribution in [2.24, 2.45) is 13.0 Å². The van der Waals surface area contributed by atoms with Crippen molar-refractivity contribution in [1.29, 1.82) is 0 Å². The highest BCUT2D eigenvalue weighted by Crippen LogP contribution is 2.30. The molecule has 34 heavy (non-hydrogen) atoms. The van der Waals surface area contributed by atoms with Crippen LogP contribution in [-0.4, -0.2) is 41.7 Å². The van der Waals surface area contributed by atoms with E-state index in [-0.39, 0.29) is 11.9 Å². The first-order valence-corrected chi connectivity index (χ1v) is 11.8. The minimum Gasteiger partial charge on any atom is -0.349 e. The zero-order valence-electron chi connectivity index (χ0n) is 19.1. The maximum absolute atomic E-state index is 13.2. The average Bonchev–Trinajstić information content (AvgIpc) is 3.57. The van der Waals surface area contributed by atoms with Crippen LogP contribution in [0.25, 0.3) is 33.1 Å². The molecule has 0 bridgehead atoms. The van der Waals surface area contributed by atoms with Gasteiger partial charge in [-0.2, -0.15) is 15.3 Å². The van der Waals surface area contributed by atoms with Crippen molar-refractivity contribution < 1.29 is 4.79 Å². The van der Waals surface area contributed by atoms with Crippen LogP contribution in [0.5, 0.6) is 0 Å². The Morgan fingerprint density at radius 2 is 2.15 bits per heavy atom. The summed E-state index contributed by atoms with van der Waals surface area (Å²) in [7, 11) is 1.92. The number of nitrogens with one attached hydrogen (secondary N) is 2. The van der Waals surface area contributed by atoms with E-state index >= 15 is 0 Å². The molecule has 2 atom stereocenters. The highest BCUT2D eigenvalue weighted by atomic mass is 16.1. The van der Waals surface area contributed by atoms with Crippen LogP contribution < -0.4 is 5.32 Å². The third kappa shape index (κ3) is 3.96. The van der Waals surface area contributed by atoms with Gasteiger partial charge in [0.25, 0.3) is 5.91 Å². The van der Waals surface area contributed by atoms with Gasteiger partial charge in [-0.05, 0) is 61.6 Å². The van der Waals surface area contributed by atoms with Gasteiger partial charge in [0.05, 0.1) is 16.7 Å². The molecule has 0 radical (unpaired) electrons. The van der Waals surface area contributed by atoms with Crippen LogP contribution in [0.4, 0.5) is 0 Å². The van der Waals surface area contributed by atoms with E-state index in [4.69, 9.17) is 0 Å². The Hall–Kier alpha value is -3.94. The molecule has 1 amide bonds. The SMILES string of the molecule is Cn1cc2cc(-c3n[nH]c4ccc(C(=O)NC5CCCC(Cn6cccn6)C5)cc34)ccc2n1. The van der Waals surface area contributed by atoms with E-state index in [1.807, 2.05) is 71.4 Å². The molecule has 1 saturated carbocycles. The number of rotatable bonds is 5. The van der Waals surface area contributed by atoms with E-state index < -0.39 is 0 Å². The summed E-state index contributed by atoms with van der Waals surface area (Å²) < 4.78 is 3.80.